The molecule has 5 rings (SSSR count). The number of halogens is 1. The molecule has 0 fully saturated rings. The Morgan fingerprint density at radius 3 is 2.62 bits per heavy atom. The summed E-state index contributed by atoms with van der Waals surface area (Å²) in [5.74, 6) is 0.930. The largest absolute Gasteiger partial charge is 0.334 e. The van der Waals surface area contributed by atoms with Gasteiger partial charge in [0.1, 0.15) is 0 Å². The second kappa shape index (κ2) is 8.90. The number of benzene rings is 1. The van der Waals surface area contributed by atoms with E-state index in [2.05, 4.69) is 21.5 Å². The number of hydrogen-bond acceptors (Lipinski definition) is 6. The molecule has 4 heterocycles. The van der Waals surface area contributed by atoms with Gasteiger partial charge in [-0.05, 0) is 53.9 Å². The van der Waals surface area contributed by atoms with E-state index in [0.717, 1.165) is 28.1 Å². The van der Waals surface area contributed by atoms with E-state index in [9.17, 15) is 4.79 Å². The lowest BCUT2D eigenvalue weighted by Crippen LogP contribution is -2.46. The predicted molar refractivity (Wildman–Crippen MR) is 128 cm³/mol. The van der Waals surface area contributed by atoms with Crippen molar-refractivity contribution >= 4 is 45.9 Å². The number of rotatable bonds is 6. The highest BCUT2D eigenvalue weighted by molar-refractivity contribution is 7.13. The van der Waals surface area contributed by atoms with Crippen molar-refractivity contribution in [2.24, 2.45) is 0 Å². The van der Waals surface area contributed by atoms with Crippen LogP contribution in [0.1, 0.15) is 29.3 Å². The number of urea groups is 1. The fraction of sp³-hybridized carbons (Fsp3) is 0.174. The van der Waals surface area contributed by atoms with Crippen LogP contribution >= 0.6 is 34.3 Å². The summed E-state index contributed by atoms with van der Waals surface area (Å²) in [4.78, 5) is 21.6. The number of nitrogens with zero attached hydrogens (tertiary/aromatic N) is 3. The zero-order valence-electron chi connectivity index (χ0n) is 17.1. The summed E-state index contributed by atoms with van der Waals surface area (Å²) in [6, 6.07) is 14.8. The molecule has 6 nitrogen and oxygen atoms in total. The quantitative estimate of drug-likeness (QED) is 0.352. The van der Waals surface area contributed by atoms with E-state index in [4.69, 9.17) is 16.1 Å². The molecule has 3 aromatic heterocycles. The number of allylic oxidation sites excluding steroid dienone is 1. The molecule has 0 bridgehead atoms. The molecule has 0 saturated heterocycles. The van der Waals surface area contributed by atoms with E-state index >= 15 is 0 Å². The first kappa shape index (κ1) is 20.9. The first-order chi connectivity index (χ1) is 15.6. The van der Waals surface area contributed by atoms with E-state index in [1.165, 1.54) is 4.88 Å². The Bertz CT molecular complexity index is 1250. The molecule has 1 aromatic carbocycles. The molecule has 0 spiro atoms. The average Bonchev–Trinajstić information content (AvgIpc) is 3.55. The van der Waals surface area contributed by atoms with Crippen LogP contribution in [0.5, 0.6) is 0 Å². The Balaban J connectivity index is 1.55. The summed E-state index contributed by atoms with van der Waals surface area (Å²) in [5, 5.41) is 11.9. The molecule has 2 amide bonds. The second-order valence-electron chi connectivity index (χ2n) is 7.31. The number of hydrogen-bond donors (Lipinski definition) is 1. The summed E-state index contributed by atoms with van der Waals surface area (Å²) in [6.07, 6.45) is 0.769. The molecular formula is C23H19ClN4O2S2. The Morgan fingerprint density at radius 1 is 1.12 bits per heavy atom. The van der Waals surface area contributed by atoms with Gasteiger partial charge < -0.3 is 9.84 Å². The van der Waals surface area contributed by atoms with Crippen LogP contribution in [0.25, 0.3) is 16.3 Å². The lowest BCUT2D eigenvalue weighted by atomic mass is 9.94. The van der Waals surface area contributed by atoms with Crippen molar-refractivity contribution in [2.45, 2.75) is 19.4 Å². The van der Waals surface area contributed by atoms with Gasteiger partial charge in [-0.2, -0.15) is 4.98 Å². The minimum absolute atomic E-state index is 0.152. The number of aromatic nitrogens is 2. The lowest BCUT2D eigenvalue weighted by molar-refractivity contribution is 0.205. The van der Waals surface area contributed by atoms with E-state index in [1.54, 1.807) is 27.6 Å². The highest BCUT2D eigenvalue weighted by Crippen LogP contribution is 2.38. The first-order valence-corrected chi connectivity index (χ1v) is 12.2. The Morgan fingerprint density at radius 2 is 1.91 bits per heavy atom. The Hall–Kier alpha value is -2.94. The van der Waals surface area contributed by atoms with Crippen LogP contribution in [-0.4, -0.2) is 27.6 Å². The van der Waals surface area contributed by atoms with Crippen molar-refractivity contribution in [3.63, 3.8) is 0 Å². The summed E-state index contributed by atoms with van der Waals surface area (Å²) in [5.41, 5.74) is 2.48. The third-order valence-corrected chi connectivity index (χ3v) is 7.41. The summed E-state index contributed by atoms with van der Waals surface area (Å²) in [6.45, 7) is 2.49. The standard InChI is InChI=1S/C23H19ClN4O2S2/c1-14-19(22-26-21(27-30-22)18-5-3-13-32-18)20(15-6-8-16(24)9-7-15)25-23(29)28(14)11-10-17-4-2-12-31-17/h2-9,12-13,20H,10-11H2,1H3,(H,25,29). The van der Waals surface area contributed by atoms with Crippen LogP contribution in [0.2, 0.25) is 5.02 Å². The van der Waals surface area contributed by atoms with Crippen LogP contribution in [0.3, 0.4) is 0 Å². The van der Waals surface area contributed by atoms with Gasteiger partial charge in [0, 0.05) is 22.1 Å². The van der Waals surface area contributed by atoms with Gasteiger partial charge in [0.25, 0.3) is 5.89 Å². The van der Waals surface area contributed by atoms with Gasteiger partial charge in [0.2, 0.25) is 5.82 Å². The van der Waals surface area contributed by atoms with E-state index in [1.807, 2.05) is 60.1 Å². The van der Waals surface area contributed by atoms with Gasteiger partial charge in [-0.3, -0.25) is 4.90 Å². The summed E-state index contributed by atoms with van der Waals surface area (Å²) >= 11 is 9.32. The minimum atomic E-state index is -0.422. The molecule has 9 heteroatoms. The van der Waals surface area contributed by atoms with E-state index < -0.39 is 6.04 Å². The van der Waals surface area contributed by atoms with E-state index in [0.29, 0.717) is 23.3 Å². The van der Waals surface area contributed by atoms with Gasteiger partial charge in [-0.1, -0.05) is 41.0 Å². The number of carbonyl (C=O) groups excluding carboxylic acids is 1. The van der Waals surface area contributed by atoms with Crippen molar-refractivity contribution in [3.05, 3.63) is 86.3 Å². The molecule has 1 N–H and O–H groups in total. The Kier molecular flexibility index (Phi) is 5.82. The Labute approximate surface area is 198 Å². The SMILES string of the molecule is CC1=C(c2nc(-c3cccs3)no2)C(c2ccc(Cl)cc2)NC(=O)N1CCc1cccs1. The monoisotopic (exact) mass is 482 g/mol. The maximum Gasteiger partial charge on any atom is 0.322 e. The third kappa shape index (κ3) is 4.09. The van der Waals surface area contributed by atoms with Gasteiger partial charge in [-0.25, -0.2) is 4.79 Å². The smallest absolute Gasteiger partial charge is 0.322 e. The lowest BCUT2D eigenvalue weighted by Gasteiger charge is -2.35. The van der Waals surface area contributed by atoms with Gasteiger partial charge >= 0.3 is 6.03 Å². The van der Waals surface area contributed by atoms with Crippen molar-refractivity contribution in [3.8, 4) is 10.7 Å². The van der Waals surface area contributed by atoms with Crippen LogP contribution in [0, 0.1) is 0 Å². The zero-order valence-corrected chi connectivity index (χ0v) is 19.5. The third-order valence-electron chi connectivity index (χ3n) is 5.36. The fourth-order valence-corrected chi connectivity index (χ4v) is 5.22. The zero-order chi connectivity index (χ0) is 22.1. The topological polar surface area (TPSA) is 71.3 Å². The van der Waals surface area contributed by atoms with Gasteiger partial charge in [0.15, 0.2) is 0 Å². The molecule has 4 aromatic rings. The number of nitrogens with one attached hydrogen (secondary N) is 1. The second-order valence-corrected chi connectivity index (χ2v) is 9.73. The van der Waals surface area contributed by atoms with E-state index in [-0.39, 0.29) is 6.03 Å². The fourth-order valence-electron chi connectivity index (χ4n) is 3.75. The molecule has 1 aliphatic rings. The maximum absolute atomic E-state index is 13.1. The maximum atomic E-state index is 13.1. The average molecular weight is 483 g/mol. The molecule has 162 valence electrons. The highest BCUT2D eigenvalue weighted by atomic mass is 35.5. The molecule has 1 unspecified atom stereocenters. The van der Waals surface area contributed by atoms with Crippen LogP contribution in [0.15, 0.2) is 69.5 Å². The molecule has 32 heavy (non-hydrogen) atoms. The summed E-state index contributed by atoms with van der Waals surface area (Å²) < 4.78 is 5.69. The molecule has 0 aliphatic carbocycles. The predicted octanol–water partition coefficient (Wildman–Crippen LogP) is 6.25. The van der Waals surface area contributed by atoms with Gasteiger partial charge in [0.05, 0.1) is 16.5 Å². The number of carbonyl (C=O) groups is 1. The molecule has 0 saturated carbocycles. The van der Waals surface area contributed by atoms with Crippen molar-refractivity contribution in [1.29, 1.82) is 0 Å². The van der Waals surface area contributed by atoms with Crippen molar-refractivity contribution in [2.75, 3.05) is 6.54 Å². The minimum Gasteiger partial charge on any atom is -0.334 e. The van der Waals surface area contributed by atoms with Crippen LogP contribution in [-0.2, 0) is 6.42 Å². The summed E-state index contributed by atoms with van der Waals surface area (Å²) in [7, 11) is 0. The first-order valence-electron chi connectivity index (χ1n) is 10.0. The molecule has 1 atom stereocenters. The highest BCUT2D eigenvalue weighted by Gasteiger charge is 2.35. The number of thiophene rings is 2. The van der Waals surface area contributed by atoms with Crippen LogP contribution < -0.4 is 5.32 Å². The molecule has 1 aliphatic heterocycles. The van der Waals surface area contributed by atoms with Gasteiger partial charge in [-0.15, -0.1) is 22.7 Å². The normalized spacial score (nSPS) is 16.5. The van der Waals surface area contributed by atoms with Crippen molar-refractivity contribution < 1.29 is 9.32 Å². The molecular weight excluding hydrogens is 464 g/mol. The van der Waals surface area contributed by atoms with Crippen LogP contribution in [0.4, 0.5) is 4.79 Å². The molecule has 0 radical (unpaired) electrons. The van der Waals surface area contributed by atoms with Crippen molar-refractivity contribution in [1.82, 2.24) is 20.4 Å². The number of amides is 2.